The van der Waals surface area contributed by atoms with Crippen LogP contribution >= 0.6 is 0 Å². The molecule has 114 valence electrons. The van der Waals surface area contributed by atoms with Crippen LogP contribution in [0.4, 0.5) is 5.69 Å². The molecule has 2 amide bonds. The summed E-state index contributed by atoms with van der Waals surface area (Å²) in [4.78, 5) is 25.5. The SMILES string of the molecule is Cc1cccc(N2CC(C(=O)NS(C)(=O)=O)CC2=O)c1C. The number of aryl methyl sites for hydroxylation is 1. The minimum Gasteiger partial charge on any atom is -0.311 e. The highest BCUT2D eigenvalue weighted by atomic mass is 32.2. The van der Waals surface area contributed by atoms with Gasteiger partial charge in [0, 0.05) is 18.7 Å². The molecule has 21 heavy (non-hydrogen) atoms. The molecule has 0 aliphatic carbocycles. The molecule has 0 spiro atoms. The van der Waals surface area contributed by atoms with Crippen molar-refractivity contribution in [3.63, 3.8) is 0 Å². The average Bonchev–Trinajstić information content (AvgIpc) is 2.73. The Bertz CT molecular complexity index is 697. The number of nitrogens with one attached hydrogen (secondary N) is 1. The average molecular weight is 310 g/mol. The minimum absolute atomic E-state index is 0.0226. The molecular formula is C14H18N2O4S. The van der Waals surface area contributed by atoms with Crippen LogP contribution in [-0.4, -0.2) is 33.0 Å². The van der Waals surface area contributed by atoms with Gasteiger partial charge in [0.15, 0.2) is 0 Å². The lowest BCUT2D eigenvalue weighted by Gasteiger charge is -2.20. The van der Waals surface area contributed by atoms with E-state index in [2.05, 4.69) is 0 Å². The van der Waals surface area contributed by atoms with Crippen LogP contribution in [0.2, 0.25) is 0 Å². The van der Waals surface area contributed by atoms with Crippen LogP contribution in [0.15, 0.2) is 18.2 Å². The van der Waals surface area contributed by atoms with Crippen molar-refractivity contribution in [2.45, 2.75) is 20.3 Å². The Morgan fingerprint density at radius 2 is 2.00 bits per heavy atom. The van der Waals surface area contributed by atoms with Crippen molar-refractivity contribution in [2.24, 2.45) is 5.92 Å². The second-order valence-electron chi connectivity index (χ2n) is 5.36. The van der Waals surface area contributed by atoms with E-state index in [1.807, 2.05) is 36.8 Å². The van der Waals surface area contributed by atoms with Crippen LogP contribution < -0.4 is 9.62 Å². The van der Waals surface area contributed by atoms with Gasteiger partial charge in [-0.1, -0.05) is 12.1 Å². The van der Waals surface area contributed by atoms with Gasteiger partial charge in [0.25, 0.3) is 0 Å². The summed E-state index contributed by atoms with van der Waals surface area (Å²) in [5.74, 6) is -1.44. The molecule has 1 N–H and O–H groups in total. The topological polar surface area (TPSA) is 83.6 Å². The van der Waals surface area contributed by atoms with Crippen molar-refractivity contribution in [2.75, 3.05) is 17.7 Å². The van der Waals surface area contributed by atoms with Gasteiger partial charge >= 0.3 is 0 Å². The lowest BCUT2D eigenvalue weighted by molar-refractivity contribution is -0.124. The van der Waals surface area contributed by atoms with Gasteiger partial charge < -0.3 is 4.90 Å². The number of carbonyl (C=O) groups excluding carboxylic acids is 2. The first-order valence-corrected chi connectivity index (χ1v) is 8.46. The van der Waals surface area contributed by atoms with Gasteiger partial charge in [-0.2, -0.15) is 0 Å². The van der Waals surface area contributed by atoms with Crippen LogP contribution in [0.1, 0.15) is 17.5 Å². The molecular weight excluding hydrogens is 292 g/mol. The summed E-state index contributed by atoms with van der Waals surface area (Å²) < 4.78 is 24.1. The molecule has 1 aliphatic rings. The number of anilines is 1. The highest BCUT2D eigenvalue weighted by Crippen LogP contribution is 2.29. The van der Waals surface area contributed by atoms with Crippen molar-refractivity contribution >= 4 is 27.5 Å². The molecule has 1 unspecified atom stereocenters. The second-order valence-corrected chi connectivity index (χ2v) is 7.11. The van der Waals surface area contributed by atoms with Gasteiger partial charge in [0.2, 0.25) is 21.8 Å². The van der Waals surface area contributed by atoms with Gasteiger partial charge in [-0.15, -0.1) is 0 Å². The smallest absolute Gasteiger partial charge is 0.238 e. The summed E-state index contributed by atoms with van der Waals surface area (Å²) >= 11 is 0. The molecule has 1 heterocycles. The number of rotatable bonds is 3. The summed E-state index contributed by atoms with van der Waals surface area (Å²) in [5, 5.41) is 0. The van der Waals surface area contributed by atoms with E-state index in [0.717, 1.165) is 23.1 Å². The normalized spacial score (nSPS) is 18.9. The first-order chi connectivity index (χ1) is 9.69. The Kier molecular flexibility index (Phi) is 4.04. The van der Waals surface area contributed by atoms with E-state index < -0.39 is 21.8 Å². The Hall–Kier alpha value is -1.89. The predicted octanol–water partition coefficient (Wildman–Crippen LogP) is 0.732. The standard InChI is InChI=1S/C14H18N2O4S/c1-9-5-4-6-12(10(9)2)16-8-11(7-13(16)17)14(18)15-21(3,19)20/h4-6,11H,7-8H2,1-3H3,(H,15,18). The van der Waals surface area contributed by atoms with E-state index in [4.69, 9.17) is 0 Å². The maximum absolute atomic E-state index is 12.1. The predicted molar refractivity (Wildman–Crippen MR) is 79.4 cm³/mol. The first-order valence-electron chi connectivity index (χ1n) is 6.57. The molecule has 0 saturated carbocycles. The van der Waals surface area contributed by atoms with Gasteiger partial charge in [0.05, 0.1) is 12.2 Å². The fourth-order valence-corrected chi connectivity index (χ4v) is 2.94. The van der Waals surface area contributed by atoms with Crippen molar-refractivity contribution in [3.8, 4) is 0 Å². The van der Waals surface area contributed by atoms with E-state index >= 15 is 0 Å². The zero-order valence-corrected chi connectivity index (χ0v) is 13.0. The molecule has 1 aromatic carbocycles. The van der Waals surface area contributed by atoms with E-state index in [1.165, 1.54) is 0 Å². The molecule has 6 nitrogen and oxygen atoms in total. The number of sulfonamides is 1. The van der Waals surface area contributed by atoms with E-state index in [0.29, 0.717) is 0 Å². The molecule has 1 atom stereocenters. The summed E-state index contributed by atoms with van der Waals surface area (Å²) in [7, 11) is -3.60. The lowest BCUT2D eigenvalue weighted by atomic mass is 10.1. The van der Waals surface area contributed by atoms with Crippen molar-refractivity contribution < 1.29 is 18.0 Å². The summed E-state index contributed by atoms with van der Waals surface area (Å²) in [6.45, 7) is 4.07. The Morgan fingerprint density at radius 3 is 2.62 bits per heavy atom. The maximum atomic E-state index is 12.1. The van der Waals surface area contributed by atoms with Crippen LogP contribution in [0.3, 0.4) is 0 Å². The van der Waals surface area contributed by atoms with Crippen molar-refractivity contribution in [1.29, 1.82) is 0 Å². The third-order valence-corrected chi connectivity index (χ3v) is 4.22. The molecule has 1 fully saturated rings. The van der Waals surface area contributed by atoms with E-state index in [9.17, 15) is 18.0 Å². The molecule has 1 aliphatic heterocycles. The third-order valence-electron chi connectivity index (χ3n) is 3.65. The highest BCUT2D eigenvalue weighted by molar-refractivity contribution is 7.89. The number of hydrogen-bond donors (Lipinski definition) is 1. The highest BCUT2D eigenvalue weighted by Gasteiger charge is 2.36. The monoisotopic (exact) mass is 310 g/mol. The van der Waals surface area contributed by atoms with Crippen LogP contribution in [0.25, 0.3) is 0 Å². The van der Waals surface area contributed by atoms with Crippen LogP contribution in [0.5, 0.6) is 0 Å². The second kappa shape index (κ2) is 5.48. The number of benzene rings is 1. The zero-order valence-electron chi connectivity index (χ0n) is 12.2. The summed E-state index contributed by atoms with van der Waals surface area (Å²) in [6.07, 6.45) is 0.943. The summed E-state index contributed by atoms with van der Waals surface area (Å²) in [6, 6.07) is 5.64. The van der Waals surface area contributed by atoms with Crippen molar-refractivity contribution in [3.05, 3.63) is 29.3 Å². The Morgan fingerprint density at radius 1 is 1.33 bits per heavy atom. The number of nitrogens with zero attached hydrogens (tertiary/aromatic N) is 1. The summed E-state index contributed by atoms with van der Waals surface area (Å²) in [5.41, 5.74) is 2.81. The van der Waals surface area contributed by atoms with Gasteiger partial charge in [0.1, 0.15) is 0 Å². The van der Waals surface area contributed by atoms with E-state index in [1.54, 1.807) is 4.90 Å². The molecule has 0 bridgehead atoms. The lowest BCUT2D eigenvalue weighted by Crippen LogP contribution is -2.36. The first kappa shape index (κ1) is 15.5. The van der Waals surface area contributed by atoms with Crippen LogP contribution in [0, 0.1) is 19.8 Å². The molecule has 1 saturated heterocycles. The van der Waals surface area contributed by atoms with Gasteiger partial charge in [-0.3, -0.25) is 14.3 Å². The minimum atomic E-state index is -3.60. The zero-order chi connectivity index (χ0) is 15.8. The van der Waals surface area contributed by atoms with Gasteiger partial charge in [-0.25, -0.2) is 8.42 Å². The number of amides is 2. The largest absolute Gasteiger partial charge is 0.311 e. The van der Waals surface area contributed by atoms with Gasteiger partial charge in [-0.05, 0) is 31.0 Å². The number of hydrogen-bond acceptors (Lipinski definition) is 4. The molecule has 2 rings (SSSR count). The Balaban J connectivity index is 2.20. The Labute approximate surface area is 124 Å². The molecule has 0 radical (unpaired) electrons. The molecule has 1 aromatic rings. The number of carbonyl (C=O) groups is 2. The maximum Gasteiger partial charge on any atom is 0.238 e. The van der Waals surface area contributed by atoms with Crippen molar-refractivity contribution in [1.82, 2.24) is 4.72 Å². The fourth-order valence-electron chi connectivity index (χ4n) is 2.41. The molecule has 0 aromatic heterocycles. The van der Waals surface area contributed by atoms with Crippen LogP contribution in [-0.2, 0) is 19.6 Å². The third kappa shape index (κ3) is 3.41. The fraction of sp³-hybridized carbons (Fsp3) is 0.429. The quantitative estimate of drug-likeness (QED) is 0.892. The molecule has 7 heteroatoms. The van der Waals surface area contributed by atoms with E-state index in [-0.39, 0.29) is 18.9 Å².